The molecule has 0 unspecified atom stereocenters. The Morgan fingerprint density at radius 1 is 1.26 bits per heavy atom. The highest BCUT2D eigenvalue weighted by atomic mass is 32.1. The van der Waals surface area contributed by atoms with Crippen LogP contribution in [0.3, 0.4) is 0 Å². The van der Waals surface area contributed by atoms with E-state index in [-0.39, 0.29) is 5.82 Å². The van der Waals surface area contributed by atoms with E-state index in [4.69, 9.17) is 0 Å². The molecule has 0 fully saturated rings. The Balaban J connectivity index is 1.50. The van der Waals surface area contributed by atoms with Crippen molar-refractivity contribution in [3.63, 3.8) is 0 Å². The zero-order chi connectivity index (χ0) is 15.6. The maximum Gasteiger partial charge on any atom is 0.133 e. The van der Waals surface area contributed by atoms with Gasteiger partial charge in [0.2, 0.25) is 0 Å². The van der Waals surface area contributed by atoms with E-state index in [0.29, 0.717) is 5.56 Å². The lowest BCUT2D eigenvalue weighted by Crippen LogP contribution is -2.30. The Hall–Kier alpha value is -2.18. The highest BCUT2D eigenvalue weighted by Gasteiger charge is 2.18. The summed E-state index contributed by atoms with van der Waals surface area (Å²) < 4.78 is 13.9. The fourth-order valence-electron chi connectivity index (χ4n) is 2.81. The van der Waals surface area contributed by atoms with Crippen molar-refractivity contribution in [1.82, 2.24) is 19.9 Å². The molecule has 4 rings (SSSR count). The van der Waals surface area contributed by atoms with Crippen LogP contribution in [0.25, 0.3) is 10.6 Å². The molecule has 3 heterocycles. The summed E-state index contributed by atoms with van der Waals surface area (Å²) in [5, 5.41) is 2.75. The Kier molecular flexibility index (Phi) is 3.85. The SMILES string of the molecule is Fc1ccccc1-c1nc(CN2CCc3cncnc3C2)cs1. The maximum atomic E-state index is 13.9. The third-order valence-electron chi connectivity index (χ3n) is 3.99. The molecule has 0 N–H and O–H groups in total. The van der Waals surface area contributed by atoms with Gasteiger partial charge in [0.15, 0.2) is 0 Å². The Morgan fingerprint density at radius 3 is 3.09 bits per heavy atom. The smallest absolute Gasteiger partial charge is 0.133 e. The van der Waals surface area contributed by atoms with E-state index in [0.717, 1.165) is 42.5 Å². The molecule has 0 atom stereocenters. The first kappa shape index (κ1) is 14.4. The topological polar surface area (TPSA) is 41.9 Å². The maximum absolute atomic E-state index is 13.9. The van der Waals surface area contributed by atoms with Crippen LogP contribution in [0, 0.1) is 5.82 Å². The zero-order valence-electron chi connectivity index (χ0n) is 12.4. The largest absolute Gasteiger partial charge is 0.291 e. The monoisotopic (exact) mass is 326 g/mol. The summed E-state index contributed by atoms with van der Waals surface area (Å²) in [5.74, 6) is -0.225. The lowest BCUT2D eigenvalue weighted by molar-refractivity contribution is 0.239. The summed E-state index contributed by atoms with van der Waals surface area (Å²) in [6.45, 7) is 2.53. The van der Waals surface area contributed by atoms with Crippen LogP contribution >= 0.6 is 11.3 Å². The summed E-state index contributed by atoms with van der Waals surface area (Å²) in [5.41, 5.74) is 3.87. The van der Waals surface area contributed by atoms with E-state index in [1.165, 1.54) is 23.0 Å². The van der Waals surface area contributed by atoms with Crippen molar-refractivity contribution in [3.05, 3.63) is 64.9 Å². The molecule has 0 amide bonds. The van der Waals surface area contributed by atoms with Crippen molar-refractivity contribution in [1.29, 1.82) is 0 Å². The van der Waals surface area contributed by atoms with Crippen molar-refractivity contribution in [2.45, 2.75) is 19.5 Å². The molecular formula is C17H15FN4S. The van der Waals surface area contributed by atoms with Gasteiger partial charge >= 0.3 is 0 Å². The van der Waals surface area contributed by atoms with Crippen molar-refractivity contribution >= 4 is 11.3 Å². The van der Waals surface area contributed by atoms with E-state index in [2.05, 4.69) is 19.9 Å². The summed E-state index contributed by atoms with van der Waals surface area (Å²) in [7, 11) is 0. The van der Waals surface area contributed by atoms with Crippen LogP contribution in [0.5, 0.6) is 0 Å². The number of hydrogen-bond acceptors (Lipinski definition) is 5. The molecule has 4 nitrogen and oxygen atoms in total. The quantitative estimate of drug-likeness (QED) is 0.740. The molecule has 116 valence electrons. The number of rotatable bonds is 3. The lowest BCUT2D eigenvalue weighted by atomic mass is 10.1. The first-order chi connectivity index (χ1) is 11.3. The number of thiazole rings is 1. The number of aromatic nitrogens is 3. The first-order valence-corrected chi connectivity index (χ1v) is 8.37. The molecule has 0 saturated heterocycles. The lowest BCUT2D eigenvalue weighted by Gasteiger charge is -2.26. The molecule has 0 saturated carbocycles. The molecular weight excluding hydrogens is 311 g/mol. The molecule has 0 aliphatic carbocycles. The third-order valence-corrected chi connectivity index (χ3v) is 4.92. The van der Waals surface area contributed by atoms with Crippen molar-refractivity contribution < 1.29 is 4.39 Å². The molecule has 0 spiro atoms. The number of nitrogens with zero attached hydrogens (tertiary/aromatic N) is 4. The van der Waals surface area contributed by atoms with Crippen LogP contribution in [-0.4, -0.2) is 26.4 Å². The minimum absolute atomic E-state index is 0.225. The predicted molar refractivity (Wildman–Crippen MR) is 87.4 cm³/mol. The van der Waals surface area contributed by atoms with Crippen LogP contribution in [0.15, 0.2) is 42.2 Å². The van der Waals surface area contributed by atoms with Crippen LogP contribution in [-0.2, 0) is 19.5 Å². The molecule has 1 aliphatic heterocycles. The Bertz CT molecular complexity index is 833. The summed E-state index contributed by atoms with van der Waals surface area (Å²) >= 11 is 1.49. The van der Waals surface area contributed by atoms with Gasteiger partial charge in [-0.15, -0.1) is 11.3 Å². The predicted octanol–water partition coefficient (Wildman–Crippen LogP) is 3.30. The van der Waals surface area contributed by atoms with Crippen LogP contribution in [0.2, 0.25) is 0 Å². The van der Waals surface area contributed by atoms with E-state index in [1.54, 1.807) is 18.5 Å². The summed E-state index contributed by atoms with van der Waals surface area (Å²) in [4.78, 5) is 15.3. The second-order valence-corrected chi connectivity index (χ2v) is 6.44. The van der Waals surface area contributed by atoms with Gasteiger partial charge in [0.25, 0.3) is 0 Å². The Morgan fingerprint density at radius 2 is 2.17 bits per heavy atom. The highest BCUT2D eigenvalue weighted by Crippen LogP contribution is 2.27. The van der Waals surface area contributed by atoms with Gasteiger partial charge in [-0.3, -0.25) is 4.90 Å². The molecule has 0 bridgehead atoms. The van der Waals surface area contributed by atoms with Crippen molar-refractivity contribution in [3.8, 4) is 10.6 Å². The molecule has 1 aliphatic rings. The van der Waals surface area contributed by atoms with Crippen molar-refractivity contribution in [2.24, 2.45) is 0 Å². The third kappa shape index (κ3) is 3.00. The van der Waals surface area contributed by atoms with Gasteiger partial charge in [-0.1, -0.05) is 12.1 Å². The molecule has 3 aromatic rings. The molecule has 0 radical (unpaired) electrons. The van der Waals surface area contributed by atoms with Crippen LogP contribution in [0.4, 0.5) is 4.39 Å². The van der Waals surface area contributed by atoms with Gasteiger partial charge in [-0.05, 0) is 24.1 Å². The zero-order valence-corrected chi connectivity index (χ0v) is 13.3. The fraction of sp³-hybridized carbons (Fsp3) is 0.235. The number of hydrogen-bond donors (Lipinski definition) is 0. The van der Waals surface area contributed by atoms with E-state index >= 15 is 0 Å². The summed E-state index contributed by atoms with van der Waals surface area (Å²) in [6, 6.07) is 6.77. The number of benzene rings is 1. The highest BCUT2D eigenvalue weighted by molar-refractivity contribution is 7.13. The minimum Gasteiger partial charge on any atom is -0.291 e. The molecule has 23 heavy (non-hydrogen) atoms. The second-order valence-electron chi connectivity index (χ2n) is 5.58. The van der Waals surface area contributed by atoms with Gasteiger partial charge in [-0.2, -0.15) is 0 Å². The molecule has 6 heteroatoms. The minimum atomic E-state index is -0.225. The van der Waals surface area contributed by atoms with Crippen LogP contribution in [0.1, 0.15) is 17.0 Å². The Labute approximate surface area is 137 Å². The molecule has 2 aromatic heterocycles. The van der Waals surface area contributed by atoms with E-state index in [9.17, 15) is 4.39 Å². The van der Waals surface area contributed by atoms with E-state index < -0.39 is 0 Å². The average Bonchev–Trinajstić information content (AvgIpc) is 3.03. The van der Waals surface area contributed by atoms with Gasteiger partial charge in [0.1, 0.15) is 17.2 Å². The standard InChI is InChI=1S/C17H15FN4S/c18-15-4-2-1-3-14(15)17-21-13(10-23-17)8-22-6-5-12-7-19-11-20-16(12)9-22/h1-4,7,10-11H,5-6,8-9H2. The number of fused-ring (bicyclic) bond motifs is 1. The van der Waals surface area contributed by atoms with Crippen molar-refractivity contribution in [2.75, 3.05) is 6.54 Å². The van der Waals surface area contributed by atoms with Gasteiger partial charge in [0, 0.05) is 36.8 Å². The van der Waals surface area contributed by atoms with E-state index in [1.807, 2.05) is 17.6 Å². The van der Waals surface area contributed by atoms with Gasteiger partial charge in [0.05, 0.1) is 11.4 Å². The second kappa shape index (κ2) is 6.14. The van der Waals surface area contributed by atoms with Crippen LogP contribution < -0.4 is 0 Å². The normalized spacial score (nSPS) is 14.7. The average molecular weight is 326 g/mol. The van der Waals surface area contributed by atoms with Gasteiger partial charge in [-0.25, -0.2) is 19.3 Å². The number of halogens is 1. The first-order valence-electron chi connectivity index (χ1n) is 7.49. The van der Waals surface area contributed by atoms with Gasteiger partial charge < -0.3 is 0 Å². The molecule has 1 aromatic carbocycles. The summed E-state index contributed by atoms with van der Waals surface area (Å²) in [6.07, 6.45) is 4.46. The fourth-order valence-corrected chi connectivity index (χ4v) is 3.64.